The molecule has 0 amide bonds. The highest BCUT2D eigenvalue weighted by Gasteiger charge is 2.06. The predicted molar refractivity (Wildman–Crippen MR) is 58.0 cm³/mol. The van der Waals surface area contributed by atoms with Crippen molar-refractivity contribution in [3.05, 3.63) is 0 Å². The van der Waals surface area contributed by atoms with E-state index >= 15 is 0 Å². The van der Waals surface area contributed by atoms with E-state index in [0.29, 0.717) is 0 Å². The fourth-order valence-electron chi connectivity index (χ4n) is 1.30. The van der Waals surface area contributed by atoms with Crippen LogP contribution in [0.2, 0.25) is 0 Å². The summed E-state index contributed by atoms with van der Waals surface area (Å²) in [7, 11) is 4.11. The molecule has 3 nitrogen and oxygen atoms in total. The van der Waals surface area contributed by atoms with Crippen molar-refractivity contribution in [2.45, 2.75) is 26.2 Å². The van der Waals surface area contributed by atoms with Crippen molar-refractivity contribution in [2.75, 3.05) is 33.9 Å². The van der Waals surface area contributed by atoms with E-state index in [2.05, 4.69) is 25.1 Å². The Balaban J connectivity index is 3.44. The summed E-state index contributed by atoms with van der Waals surface area (Å²) in [4.78, 5) is 2.15. The van der Waals surface area contributed by atoms with E-state index in [1.807, 2.05) is 6.92 Å². The molecule has 0 aliphatic carbocycles. The van der Waals surface area contributed by atoms with Gasteiger partial charge in [0, 0.05) is 19.1 Å². The molecule has 0 saturated carbocycles. The Hall–Kier alpha value is -0.590. The molecule has 14 heavy (non-hydrogen) atoms. The Morgan fingerprint density at radius 1 is 1.36 bits per heavy atom. The van der Waals surface area contributed by atoms with Gasteiger partial charge in [-0.15, -0.1) is 0 Å². The number of rotatable bonds is 8. The van der Waals surface area contributed by atoms with Crippen molar-refractivity contribution in [1.82, 2.24) is 4.90 Å². The van der Waals surface area contributed by atoms with Crippen LogP contribution in [-0.2, 0) is 4.74 Å². The molecule has 82 valence electrons. The van der Waals surface area contributed by atoms with Crippen LogP contribution in [-0.4, -0.2) is 38.8 Å². The van der Waals surface area contributed by atoms with Gasteiger partial charge in [-0.1, -0.05) is 0 Å². The van der Waals surface area contributed by atoms with Crippen LogP contribution in [0.15, 0.2) is 0 Å². The molecule has 0 N–H and O–H groups in total. The molecule has 3 heteroatoms. The van der Waals surface area contributed by atoms with Crippen LogP contribution in [0.25, 0.3) is 0 Å². The van der Waals surface area contributed by atoms with Crippen molar-refractivity contribution >= 4 is 0 Å². The molecule has 0 rings (SSSR count). The van der Waals surface area contributed by atoms with Crippen molar-refractivity contribution < 1.29 is 4.74 Å². The zero-order chi connectivity index (χ0) is 10.8. The molecule has 0 aliphatic heterocycles. The number of hydrogen-bond donors (Lipinski definition) is 0. The molecule has 0 aliphatic rings. The van der Waals surface area contributed by atoms with Gasteiger partial charge in [-0.05, 0) is 46.8 Å². The predicted octanol–water partition coefficient (Wildman–Crippen LogP) is 1.89. The van der Waals surface area contributed by atoms with E-state index in [0.717, 1.165) is 39.0 Å². The molecule has 0 bridgehead atoms. The van der Waals surface area contributed by atoms with Crippen molar-refractivity contribution in [1.29, 1.82) is 5.26 Å². The monoisotopic (exact) mass is 198 g/mol. The average molecular weight is 198 g/mol. The SMILES string of the molecule is CCOCCC(C#N)CCCN(C)C. The van der Waals surface area contributed by atoms with Gasteiger partial charge in [0.2, 0.25) is 0 Å². The largest absolute Gasteiger partial charge is 0.382 e. The molecule has 0 spiro atoms. The summed E-state index contributed by atoms with van der Waals surface area (Å²) in [5.41, 5.74) is 0. The maximum atomic E-state index is 8.87. The van der Waals surface area contributed by atoms with Crippen LogP contribution < -0.4 is 0 Å². The Labute approximate surface area is 87.7 Å². The molecule has 0 aromatic carbocycles. The molecule has 0 aromatic heterocycles. The highest BCUT2D eigenvalue weighted by Crippen LogP contribution is 2.10. The Bertz CT molecular complexity index is 163. The first kappa shape index (κ1) is 13.4. The smallest absolute Gasteiger partial charge is 0.0656 e. The van der Waals surface area contributed by atoms with Gasteiger partial charge in [0.25, 0.3) is 0 Å². The Morgan fingerprint density at radius 3 is 2.57 bits per heavy atom. The molecule has 0 aromatic rings. The lowest BCUT2D eigenvalue weighted by Gasteiger charge is -2.11. The fraction of sp³-hybridized carbons (Fsp3) is 0.909. The zero-order valence-corrected chi connectivity index (χ0v) is 9.62. The summed E-state index contributed by atoms with van der Waals surface area (Å²) in [6.45, 7) is 4.51. The molecule has 1 unspecified atom stereocenters. The first-order valence-corrected chi connectivity index (χ1v) is 5.32. The summed E-state index contributed by atoms with van der Waals surface area (Å²) in [5.74, 6) is 0.168. The first-order valence-electron chi connectivity index (χ1n) is 5.32. The van der Waals surface area contributed by atoms with Crippen molar-refractivity contribution in [3.63, 3.8) is 0 Å². The minimum absolute atomic E-state index is 0.168. The molecular formula is C11H22N2O. The van der Waals surface area contributed by atoms with Gasteiger partial charge in [-0.25, -0.2) is 0 Å². The molecule has 0 heterocycles. The van der Waals surface area contributed by atoms with E-state index in [1.54, 1.807) is 0 Å². The van der Waals surface area contributed by atoms with E-state index in [9.17, 15) is 0 Å². The second-order valence-corrected chi connectivity index (χ2v) is 3.76. The van der Waals surface area contributed by atoms with E-state index < -0.39 is 0 Å². The van der Waals surface area contributed by atoms with Gasteiger partial charge < -0.3 is 9.64 Å². The van der Waals surface area contributed by atoms with E-state index in [4.69, 9.17) is 10.00 Å². The molecule has 1 atom stereocenters. The summed E-state index contributed by atoms with van der Waals surface area (Å²) >= 11 is 0. The summed E-state index contributed by atoms with van der Waals surface area (Å²) in [6.07, 6.45) is 2.96. The molecule has 0 fully saturated rings. The number of nitrogens with zero attached hydrogens (tertiary/aromatic N) is 2. The zero-order valence-electron chi connectivity index (χ0n) is 9.62. The van der Waals surface area contributed by atoms with Gasteiger partial charge in [-0.3, -0.25) is 0 Å². The number of hydrogen-bond acceptors (Lipinski definition) is 3. The average Bonchev–Trinajstić information content (AvgIpc) is 2.15. The Kier molecular flexibility index (Phi) is 8.61. The Morgan fingerprint density at radius 2 is 2.07 bits per heavy atom. The lowest BCUT2D eigenvalue weighted by Crippen LogP contribution is -2.14. The van der Waals surface area contributed by atoms with Crippen LogP contribution in [0.5, 0.6) is 0 Å². The minimum Gasteiger partial charge on any atom is -0.382 e. The lowest BCUT2D eigenvalue weighted by atomic mass is 10.0. The first-order chi connectivity index (χ1) is 6.70. The van der Waals surface area contributed by atoms with Crippen LogP contribution in [0.3, 0.4) is 0 Å². The van der Waals surface area contributed by atoms with Gasteiger partial charge in [0.05, 0.1) is 6.07 Å². The third kappa shape index (κ3) is 8.03. The van der Waals surface area contributed by atoms with Crippen LogP contribution >= 0.6 is 0 Å². The third-order valence-corrected chi connectivity index (χ3v) is 2.16. The number of nitriles is 1. The molecule has 0 saturated heterocycles. The third-order valence-electron chi connectivity index (χ3n) is 2.16. The van der Waals surface area contributed by atoms with Crippen molar-refractivity contribution in [3.8, 4) is 6.07 Å². The quantitative estimate of drug-likeness (QED) is 0.559. The maximum absolute atomic E-state index is 8.87. The van der Waals surface area contributed by atoms with Gasteiger partial charge in [0.15, 0.2) is 0 Å². The summed E-state index contributed by atoms with van der Waals surface area (Å²) in [6, 6.07) is 2.34. The van der Waals surface area contributed by atoms with Crippen LogP contribution in [0.4, 0.5) is 0 Å². The fourth-order valence-corrected chi connectivity index (χ4v) is 1.30. The summed E-state index contributed by atoms with van der Waals surface area (Å²) < 4.78 is 5.23. The normalized spacial score (nSPS) is 12.8. The second-order valence-electron chi connectivity index (χ2n) is 3.76. The van der Waals surface area contributed by atoms with Crippen LogP contribution in [0.1, 0.15) is 26.2 Å². The van der Waals surface area contributed by atoms with Gasteiger partial charge >= 0.3 is 0 Å². The van der Waals surface area contributed by atoms with Crippen LogP contribution in [0, 0.1) is 17.2 Å². The minimum atomic E-state index is 0.168. The standard InChI is InChI=1S/C11H22N2O/c1-4-14-9-7-11(10-12)6-5-8-13(2)3/h11H,4-9H2,1-3H3. The highest BCUT2D eigenvalue weighted by atomic mass is 16.5. The van der Waals surface area contributed by atoms with Gasteiger partial charge in [0.1, 0.15) is 0 Å². The maximum Gasteiger partial charge on any atom is 0.0656 e. The number of ether oxygens (including phenoxy) is 1. The molecule has 0 radical (unpaired) electrons. The topological polar surface area (TPSA) is 36.3 Å². The van der Waals surface area contributed by atoms with Crippen molar-refractivity contribution in [2.24, 2.45) is 5.92 Å². The molecular weight excluding hydrogens is 176 g/mol. The second kappa shape index (κ2) is 8.98. The summed E-state index contributed by atoms with van der Waals surface area (Å²) in [5, 5.41) is 8.87. The van der Waals surface area contributed by atoms with E-state index in [-0.39, 0.29) is 5.92 Å². The van der Waals surface area contributed by atoms with E-state index in [1.165, 1.54) is 0 Å². The highest BCUT2D eigenvalue weighted by molar-refractivity contribution is 4.82. The lowest BCUT2D eigenvalue weighted by molar-refractivity contribution is 0.136. The van der Waals surface area contributed by atoms with Gasteiger partial charge in [-0.2, -0.15) is 5.26 Å².